The molecule has 1 aliphatic rings. The van der Waals surface area contributed by atoms with Crippen molar-refractivity contribution in [3.63, 3.8) is 0 Å². The standard InChI is InChI=1S/C22H21NO6/c1-26-18-5-4-13-8-17-15-10-20(29-12-21(24)25)19(27-2)9-14(15)6-7-23(17)11-16(13)22(18)28-3/h4-5,8-11H,6-7,12H2,1-3H3/p+1. The van der Waals surface area contributed by atoms with Gasteiger partial charge in [0.05, 0.1) is 32.3 Å². The minimum atomic E-state index is -1.04. The zero-order valence-corrected chi connectivity index (χ0v) is 16.5. The molecule has 0 saturated heterocycles. The lowest BCUT2D eigenvalue weighted by molar-refractivity contribution is -0.686. The smallest absolute Gasteiger partial charge is 0.341 e. The topological polar surface area (TPSA) is 78.1 Å². The maximum absolute atomic E-state index is 10.9. The van der Waals surface area contributed by atoms with Crippen LogP contribution in [0.15, 0.2) is 36.5 Å². The summed E-state index contributed by atoms with van der Waals surface area (Å²) in [5.74, 6) is 1.30. The quantitative estimate of drug-likeness (QED) is 0.646. The number of ether oxygens (including phenoxy) is 4. The minimum absolute atomic E-state index is 0.412. The van der Waals surface area contributed by atoms with Crippen LogP contribution in [-0.4, -0.2) is 39.0 Å². The summed E-state index contributed by atoms with van der Waals surface area (Å²) >= 11 is 0. The largest absolute Gasteiger partial charge is 0.493 e. The zero-order chi connectivity index (χ0) is 20.5. The van der Waals surface area contributed by atoms with E-state index in [9.17, 15) is 4.79 Å². The van der Waals surface area contributed by atoms with Crippen LogP contribution in [0.1, 0.15) is 5.56 Å². The van der Waals surface area contributed by atoms with Crippen LogP contribution in [-0.2, 0) is 17.8 Å². The normalized spacial score (nSPS) is 12.1. The Morgan fingerprint density at radius 2 is 1.83 bits per heavy atom. The van der Waals surface area contributed by atoms with Gasteiger partial charge in [-0.3, -0.25) is 0 Å². The summed E-state index contributed by atoms with van der Waals surface area (Å²) in [4.78, 5) is 10.9. The summed E-state index contributed by atoms with van der Waals surface area (Å²) < 4.78 is 24.0. The number of aliphatic carboxylic acids is 1. The predicted octanol–water partition coefficient (Wildman–Crippen LogP) is 2.84. The van der Waals surface area contributed by atoms with Crippen LogP contribution in [0.2, 0.25) is 0 Å². The third kappa shape index (κ3) is 3.29. The average Bonchev–Trinajstić information content (AvgIpc) is 2.74. The Morgan fingerprint density at radius 1 is 1.03 bits per heavy atom. The molecule has 1 aromatic heterocycles. The monoisotopic (exact) mass is 396 g/mol. The summed E-state index contributed by atoms with van der Waals surface area (Å²) in [6.07, 6.45) is 2.89. The van der Waals surface area contributed by atoms with Gasteiger partial charge in [0.15, 0.2) is 42.3 Å². The molecule has 0 bridgehead atoms. The van der Waals surface area contributed by atoms with E-state index < -0.39 is 12.6 Å². The highest BCUT2D eigenvalue weighted by molar-refractivity contribution is 5.91. The number of hydrogen-bond acceptors (Lipinski definition) is 5. The predicted molar refractivity (Wildman–Crippen MR) is 106 cm³/mol. The first kappa shape index (κ1) is 18.9. The molecule has 29 heavy (non-hydrogen) atoms. The Bertz CT molecular complexity index is 1110. The molecule has 0 amide bonds. The minimum Gasteiger partial charge on any atom is -0.493 e. The van der Waals surface area contributed by atoms with Crippen molar-refractivity contribution < 1.29 is 33.4 Å². The van der Waals surface area contributed by atoms with Crippen LogP contribution in [0.25, 0.3) is 22.0 Å². The molecular formula is C22H22NO6+. The van der Waals surface area contributed by atoms with Gasteiger partial charge in [0.2, 0.25) is 5.69 Å². The van der Waals surface area contributed by atoms with Crippen molar-refractivity contribution in [3.8, 4) is 34.3 Å². The highest BCUT2D eigenvalue weighted by Gasteiger charge is 2.27. The van der Waals surface area contributed by atoms with Crippen LogP contribution in [0.3, 0.4) is 0 Å². The van der Waals surface area contributed by atoms with E-state index >= 15 is 0 Å². The van der Waals surface area contributed by atoms with Gasteiger partial charge in [0, 0.05) is 12.5 Å². The van der Waals surface area contributed by atoms with Gasteiger partial charge in [-0.05, 0) is 35.2 Å². The van der Waals surface area contributed by atoms with Gasteiger partial charge < -0.3 is 24.1 Å². The van der Waals surface area contributed by atoms with Crippen LogP contribution in [0.4, 0.5) is 0 Å². The first-order chi connectivity index (χ1) is 14.0. The Morgan fingerprint density at radius 3 is 2.52 bits per heavy atom. The van der Waals surface area contributed by atoms with Crippen molar-refractivity contribution in [1.82, 2.24) is 0 Å². The average molecular weight is 396 g/mol. The molecule has 3 aromatic rings. The van der Waals surface area contributed by atoms with Crippen molar-refractivity contribution in [3.05, 3.63) is 42.1 Å². The van der Waals surface area contributed by atoms with Crippen LogP contribution in [0, 0.1) is 0 Å². The number of rotatable bonds is 6. The fourth-order valence-corrected chi connectivity index (χ4v) is 3.80. The summed E-state index contributed by atoms with van der Waals surface area (Å²) in [5.41, 5.74) is 3.15. The van der Waals surface area contributed by atoms with E-state index in [1.165, 1.54) is 0 Å². The lowest BCUT2D eigenvalue weighted by atomic mass is 9.95. The van der Waals surface area contributed by atoms with Gasteiger partial charge in [0.1, 0.15) is 0 Å². The van der Waals surface area contributed by atoms with Gasteiger partial charge in [-0.15, -0.1) is 0 Å². The van der Waals surface area contributed by atoms with E-state index in [2.05, 4.69) is 16.8 Å². The number of aryl methyl sites for hydroxylation is 2. The number of methoxy groups -OCH3 is 3. The molecule has 0 unspecified atom stereocenters. The molecule has 0 saturated carbocycles. The fourth-order valence-electron chi connectivity index (χ4n) is 3.80. The van der Waals surface area contributed by atoms with Crippen LogP contribution < -0.4 is 23.5 Å². The second-order valence-electron chi connectivity index (χ2n) is 6.75. The number of pyridine rings is 1. The number of nitrogens with zero attached hydrogens (tertiary/aromatic N) is 1. The molecule has 2 aromatic carbocycles. The molecule has 150 valence electrons. The van der Waals surface area contributed by atoms with Crippen molar-refractivity contribution in [2.75, 3.05) is 27.9 Å². The van der Waals surface area contributed by atoms with Gasteiger partial charge in [0.25, 0.3) is 0 Å². The molecule has 7 nitrogen and oxygen atoms in total. The first-order valence-electron chi connectivity index (χ1n) is 9.19. The second kappa shape index (κ2) is 7.50. The summed E-state index contributed by atoms with van der Waals surface area (Å²) in [6.45, 7) is 0.376. The second-order valence-corrected chi connectivity index (χ2v) is 6.75. The molecule has 4 rings (SSSR count). The zero-order valence-electron chi connectivity index (χ0n) is 16.5. The fraction of sp³-hybridized carbons (Fsp3) is 0.273. The van der Waals surface area contributed by atoms with Crippen LogP contribution >= 0.6 is 0 Å². The van der Waals surface area contributed by atoms with E-state index in [1.807, 2.05) is 24.3 Å². The third-order valence-electron chi connectivity index (χ3n) is 5.14. The van der Waals surface area contributed by atoms with Gasteiger partial charge >= 0.3 is 5.97 Å². The number of carbonyl (C=O) groups is 1. The molecule has 0 aliphatic carbocycles. The van der Waals surface area contributed by atoms with E-state index in [0.29, 0.717) is 23.0 Å². The molecule has 0 atom stereocenters. The summed E-state index contributed by atoms with van der Waals surface area (Å²) in [5, 5.41) is 10.9. The van der Waals surface area contributed by atoms with E-state index in [-0.39, 0.29) is 0 Å². The summed E-state index contributed by atoms with van der Waals surface area (Å²) in [6, 6.07) is 9.76. The highest BCUT2D eigenvalue weighted by atomic mass is 16.5. The number of benzene rings is 2. The van der Waals surface area contributed by atoms with E-state index in [0.717, 1.165) is 40.6 Å². The molecule has 2 heterocycles. The Labute approximate surface area is 168 Å². The maximum atomic E-state index is 10.9. The number of aromatic nitrogens is 1. The van der Waals surface area contributed by atoms with Crippen molar-refractivity contribution >= 4 is 16.7 Å². The molecule has 1 N–H and O–H groups in total. The first-order valence-corrected chi connectivity index (χ1v) is 9.19. The number of carboxylic acid groups (broad SMARTS) is 1. The number of carboxylic acids is 1. The summed E-state index contributed by atoms with van der Waals surface area (Å²) in [7, 11) is 4.81. The molecule has 0 fully saturated rings. The van der Waals surface area contributed by atoms with Gasteiger partial charge in [-0.1, -0.05) is 0 Å². The van der Waals surface area contributed by atoms with Gasteiger partial charge in [-0.25, -0.2) is 4.79 Å². The molecule has 1 aliphatic heterocycles. The Balaban J connectivity index is 1.88. The van der Waals surface area contributed by atoms with Crippen LogP contribution in [0.5, 0.6) is 23.0 Å². The Hall–Kier alpha value is -3.48. The van der Waals surface area contributed by atoms with Crippen molar-refractivity contribution in [1.29, 1.82) is 0 Å². The molecule has 7 heteroatoms. The number of fused-ring (bicyclic) bond motifs is 4. The van der Waals surface area contributed by atoms with Gasteiger partial charge in [-0.2, -0.15) is 4.57 Å². The Kier molecular flexibility index (Phi) is 4.88. The third-order valence-corrected chi connectivity index (χ3v) is 5.14. The van der Waals surface area contributed by atoms with Crippen molar-refractivity contribution in [2.45, 2.75) is 13.0 Å². The van der Waals surface area contributed by atoms with Crippen molar-refractivity contribution in [2.24, 2.45) is 0 Å². The van der Waals surface area contributed by atoms with E-state index in [1.54, 1.807) is 21.3 Å². The molecule has 0 spiro atoms. The maximum Gasteiger partial charge on any atom is 0.341 e. The molecular weight excluding hydrogens is 374 g/mol. The lowest BCUT2D eigenvalue weighted by Gasteiger charge is -2.19. The lowest BCUT2D eigenvalue weighted by Crippen LogP contribution is -2.40. The highest BCUT2D eigenvalue weighted by Crippen LogP contribution is 2.40. The van der Waals surface area contributed by atoms with E-state index in [4.69, 9.17) is 24.1 Å². The number of hydrogen-bond donors (Lipinski definition) is 1. The molecule has 0 radical (unpaired) electrons. The SMILES string of the molecule is COc1cc2c(cc1OCC(=O)O)-c1cc3ccc(OC)c(OC)c3c[n+]1CC2.